The molecule has 0 bridgehead atoms. The minimum Gasteiger partial charge on any atom is -0.338 e. The zero-order valence-electron chi connectivity index (χ0n) is 23.6. The third-order valence-electron chi connectivity index (χ3n) is 7.03. The Labute approximate surface area is 250 Å². The first-order valence-electron chi connectivity index (χ1n) is 13.6. The molecule has 0 radical (unpaired) electrons. The molecule has 42 heavy (non-hydrogen) atoms. The summed E-state index contributed by atoms with van der Waals surface area (Å²) in [5.74, 6) is -1.43. The van der Waals surface area contributed by atoms with E-state index >= 15 is 0 Å². The Morgan fingerprint density at radius 2 is 1.79 bits per heavy atom. The maximum absolute atomic E-state index is 13.0. The molecule has 0 aliphatic carbocycles. The number of amides is 2. The molecule has 1 aliphatic rings. The first-order valence-corrected chi connectivity index (χ1v) is 15.9. The van der Waals surface area contributed by atoms with Crippen molar-refractivity contribution in [1.82, 2.24) is 9.62 Å². The Kier molecular flexibility index (Phi) is 9.85. The van der Waals surface area contributed by atoms with Crippen LogP contribution in [0.1, 0.15) is 49.3 Å². The van der Waals surface area contributed by atoms with E-state index in [1.807, 2.05) is 31.2 Å². The molecule has 1 N–H and O–H groups in total. The summed E-state index contributed by atoms with van der Waals surface area (Å²) in [4.78, 5) is 40.2. The third kappa shape index (κ3) is 7.65. The van der Waals surface area contributed by atoms with Crippen molar-refractivity contribution in [3.63, 3.8) is 0 Å². The number of hydrogen-bond acceptors (Lipinski definition) is 7. The lowest BCUT2D eigenvalue weighted by atomic mass is 9.97. The van der Waals surface area contributed by atoms with Gasteiger partial charge < -0.3 is 4.90 Å². The number of hydrogen-bond donors (Lipinski definition) is 1. The normalized spacial score (nSPS) is 15.6. The lowest BCUT2D eigenvalue weighted by Crippen LogP contribution is -2.46. The summed E-state index contributed by atoms with van der Waals surface area (Å²) in [6.45, 7) is 6.47. The second kappa shape index (κ2) is 13.3. The topological polar surface area (TPSA) is 127 Å². The van der Waals surface area contributed by atoms with Crippen molar-refractivity contribution in [2.75, 3.05) is 13.1 Å². The van der Waals surface area contributed by atoms with E-state index in [9.17, 15) is 28.1 Å². The van der Waals surface area contributed by atoms with E-state index in [1.54, 1.807) is 24.3 Å². The smallest absolute Gasteiger partial charge is 0.283 e. The Balaban J connectivity index is 1.43. The number of nitro benzene ring substituents is 1. The van der Waals surface area contributed by atoms with Gasteiger partial charge in [-0.2, -0.15) is 0 Å². The van der Waals surface area contributed by atoms with E-state index in [0.29, 0.717) is 29.8 Å². The number of nitrogens with zero attached hydrogens (tertiary/aromatic N) is 2. The quantitative estimate of drug-likeness (QED) is 0.181. The van der Waals surface area contributed by atoms with Crippen LogP contribution < -0.4 is 4.72 Å². The minimum absolute atomic E-state index is 0.00392. The highest BCUT2D eigenvalue weighted by molar-refractivity contribution is 7.99. The van der Waals surface area contributed by atoms with Gasteiger partial charge in [-0.25, -0.2) is 13.1 Å². The Hall–Kier alpha value is -3.96. The van der Waals surface area contributed by atoms with Crippen molar-refractivity contribution in [3.8, 4) is 0 Å². The first-order chi connectivity index (χ1) is 19.9. The van der Waals surface area contributed by atoms with E-state index in [2.05, 4.69) is 18.6 Å². The maximum Gasteiger partial charge on any atom is 0.283 e. The van der Waals surface area contributed by atoms with E-state index < -0.39 is 26.8 Å². The second-order valence-corrected chi connectivity index (χ2v) is 13.3. The van der Waals surface area contributed by atoms with Crippen molar-refractivity contribution < 1.29 is 22.9 Å². The average molecular weight is 608 g/mol. The summed E-state index contributed by atoms with van der Waals surface area (Å²) in [5.41, 5.74) is 2.43. The van der Waals surface area contributed by atoms with Gasteiger partial charge >= 0.3 is 0 Å². The molecule has 220 valence electrons. The van der Waals surface area contributed by atoms with Crippen LogP contribution in [0, 0.1) is 23.0 Å². The van der Waals surface area contributed by atoms with Crippen LogP contribution in [0.15, 0.2) is 87.5 Å². The van der Waals surface area contributed by atoms with Crippen LogP contribution in [-0.2, 0) is 19.6 Å². The zero-order valence-corrected chi connectivity index (χ0v) is 25.3. The molecule has 1 heterocycles. The molecule has 1 saturated heterocycles. The molecule has 4 rings (SSSR count). The van der Waals surface area contributed by atoms with Crippen molar-refractivity contribution >= 4 is 45.4 Å². The fourth-order valence-corrected chi connectivity index (χ4v) is 6.92. The largest absolute Gasteiger partial charge is 0.338 e. The van der Waals surface area contributed by atoms with Gasteiger partial charge in [0.15, 0.2) is 0 Å². The van der Waals surface area contributed by atoms with Crippen LogP contribution >= 0.6 is 11.8 Å². The molecule has 1 atom stereocenters. The van der Waals surface area contributed by atoms with Gasteiger partial charge in [-0.05, 0) is 67.2 Å². The molecule has 3 aromatic carbocycles. The number of nitro groups is 1. The number of piperidine rings is 1. The van der Waals surface area contributed by atoms with E-state index in [1.165, 1.54) is 47.0 Å². The fourth-order valence-electron chi connectivity index (χ4n) is 4.69. The van der Waals surface area contributed by atoms with Crippen LogP contribution in [0.3, 0.4) is 0 Å². The number of sulfonamides is 1. The highest BCUT2D eigenvalue weighted by Gasteiger charge is 2.30. The van der Waals surface area contributed by atoms with Gasteiger partial charge in [-0.3, -0.25) is 19.7 Å². The molecule has 0 spiro atoms. The number of rotatable bonds is 9. The summed E-state index contributed by atoms with van der Waals surface area (Å²) in [7, 11) is -4.02. The lowest BCUT2D eigenvalue weighted by molar-refractivity contribution is -0.387. The summed E-state index contributed by atoms with van der Waals surface area (Å²) in [5, 5.41) is 11.9. The monoisotopic (exact) mass is 607 g/mol. The van der Waals surface area contributed by atoms with Crippen molar-refractivity contribution in [3.05, 3.63) is 99.6 Å². The molecule has 2 amide bonds. The van der Waals surface area contributed by atoms with Gasteiger partial charge in [0.05, 0.1) is 20.6 Å². The number of carbonyl (C=O) groups excluding carboxylic acids is 2. The van der Waals surface area contributed by atoms with Gasteiger partial charge in [-0.1, -0.05) is 67.6 Å². The van der Waals surface area contributed by atoms with Gasteiger partial charge in [0.25, 0.3) is 15.7 Å². The predicted octanol–water partition coefficient (Wildman–Crippen LogP) is 5.93. The molecule has 0 saturated carbocycles. The molecule has 1 unspecified atom stereocenters. The third-order valence-corrected chi connectivity index (χ3v) is 9.55. The first kappa shape index (κ1) is 31.0. The van der Waals surface area contributed by atoms with Gasteiger partial charge in [0, 0.05) is 30.1 Å². The summed E-state index contributed by atoms with van der Waals surface area (Å²) in [6, 6.07) is 18.8. The van der Waals surface area contributed by atoms with E-state index in [0.717, 1.165) is 16.0 Å². The molecule has 3 aromatic rings. The summed E-state index contributed by atoms with van der Waals surface area (Å²) in [6.07, 6.45) is 3.83. The minimum atomic E-state index is -4.02. The standard InChI is InChI=1S/C31H33N3O6S2/c1-21(2)26-8-4-5-9-28(26)41-29-16-12-23(19-27(29)34(37)38)13-17-30(35)33-18-6-7-24(20-33)31(36)32-42(39,40)25-14-10-22(3)11-15-25/h4-5,8-17,19,21,24H,6-7,18,20H2,1-3H3,(H,32,36). The van der Waals surface area contributed by atoms with Crippen LogP contribution in [0.4, 0.5) is 5.69 Å². The van der Waals surface area contributed by atoms with Crippen LogP contribution in [0.2, 0.25) is 0 Å². The number of likely N-dealkylation sites (tertiary alicyclic amines) is 1. The number of carbonyl (C=O) groups is 2. The molecule has 9 nitrogen and oxygen atoms in total. The van der Waals surface area contributed by atoms with Gasteiger partial charge in [0.1, 0.15) is 0 Å². The molecule has 1 aliphatic heterocycles. The Morgan fingerprint density at radius 1 is 1.07 bits per heavy atom. The van der Waals surface area contributed by atoms with Crippen LogP contribution in [0.5, 0.6) is 0 Å². The van der Waals surface area contributed by atoms with E-state index in [-0.39, 0.29) is 29.0 Å². The summed E-state index contributed by atoms with van der Waals surface area (Å²) < 4.78 is 27.4. The van der Waals surface area contributed by atoms with Crippen LogP contribution in [0.25, 0.3) is 6.08 Å². The van der Waals surface area contributed by atoms with Crippen LogP contribution in [-0.4, -0.2) is 43.1 Å². The molecule has 0 aromatic heterocycles. The number of aryl methyl sites for hydroxylation is 1. The van der Waals surface area contributed by atoms with Crippen molar-refractivity contribution in [2.45, 2.75) is 54.2 Å². The highest BCUT2D eigenvalue weighted by atomic mass is 32.2. The maximum atomic E-state index is 13.0. The van der Waals surface area contributed by atoms with Gasteiger partial charge in [0.2, 0.25) is 11.8 Å². The molecular formula is C31H33N3O6S2. The van der Waals surface area contributed by atoms with Crippen molar-refractivity contribution in [1.29, 1.82) is 0 Å². The zero-order chi connectivity index (χ0) is 30.4. The highest BCUT2D eigenvalue weighted by Crippen LogP contribution is 2.39. The van der Waals surface area contributed by atoms with E-state index in [4.69, 9.17) is 0 Å². The molecule has 11 heteroatoms. The Bertz CT molecular complexity index is 1620. The summed E-state index contributed by atoms with van der Waals surface area (Å²) >= 11 is 1.34. The van der Waals surface area contributed by atoms with Crippen molar-refractivity contribution in [2.24, 2.45) is 5.92 Å². The van der Waals surface area contributed by atoms with Gasteiger partial charge in [-0.15, -0.1) is 0 Å². The molecule has 1 fully saturated rings. The fraction of sp³-hybridized carbons (Fsp3) is 0.290. The SMILES string of the molecule is Cc1ccc(S(=O)(=O)NC(=O)C2CCCN(C(=O)C=Cc3ccc(Sc4ccccc4C(C)C)c([N+](=O)[O-])c3)C2)cc1. The average Bonchev–Trinajstić information content (AvgIpc) is 2.96. The second-order valence-electron chi connectivity index (χ2n) is 10.5. The molecular weight excluding hydrogens is 574 g/mol. The number of benzene rings is 3. The number of nitrogens with one attached hydrogen (secondary N) is 1. The predicted molar refractivity (Wildman–Crippen MR) is 163 cm³/mol. The lowest BCUT2D eigenvalue weighted by Gasteiger charge is -2.31. The Morgan fingerprint density at radius 3 is 2.48 bits per heavy atom.